The largest absolute Gasteiger partial charge is 0.220 e. The lowest BCUT2D eigenvalue weighted by Crippen LogP contribution is -2.00. The third kappa shape index (κ3) is 2.41. The predicted octanol–water partition coefficient (Wildman–Crippen LogP) is 3.42. The normalized spacial score (nSPS) is 10.3. The molecule has 0 N–H and O–H groups in total. The molecule has 4 nitrogen and oxygen atoms in total. The molecule has 0 fully saturated rings. The smallest absolute Gasteiger partial charge is 0.181 e. The molecular weight excluding hydrogens is 260 g/mol. The fourth-order valence-corrected chi connectivity index (χ4v) is 2.40. The molecule has 2 aromatic carbocycles. The van der Waals surface area contributed by atoms with Gasteiger partial charge in [0.2, 0.25) is 0 Å². The van der Waals surface area contributed by atoms with E-state index in [-0.39, 0.29) is 0 Å². The van der Waals surface area contributed by atoms with Crippen LogP contribution in [0.3, 0.4) is 0 Å². The monoisotopic (exact) mass is 274 g/mol. The number of benzene rings is 2. The molecule has 0 unspecified atom stereocenters. The van der Waals surface area contributed by atoms with Gasteiger partial charge in [-0.2, -0.15) is 5.26 Å². The molecule has 0 saturated heterocycles. The van der Waals surface area contributed by atoms with Gasteiger partial charge in [-0.05, 0) is 37.1 Å². The summed E-state index contributed by atoms with van der Waals surface area (Å²) in [7, 11) is 0. The second-order valence-corrected chi connectivity index (χ2v) is 4.95. The highest BCUT2D eigenvalue weighted by molar-refractivity contribution is 5.58. The molecule has 3 aromatic rings. The van der Waals surface area contributed by atoms with Crippen molar-refractivity contribution < 1.29 is 0 Å². The maximum atomic E-state index is 8.97. The summed E-state index contributed by atoms with van der Waals surface area (Å²) in [4.78, 5) is 4.36. The first kappa shape index (κ1) is 13.1. The molecular formula is C17H14N4. The van der Waals surface area contributed by atoms with Gasteiger partial charge in [-0.3, -0.25) is 0 Å². The van der Waals surface area contributed by atoms with Crippen molar-refractivity contribution in [2.75, 3.05) is 0 Å². The van der Waals surface area contributed by atoms with Gasteiger partial charge in [-0.15, -0.1) is 5.10 Å². The Morgan fingerprint density at radius 3 is 2.48 bits per heavy atom. The minimum atomic E-state index is 0.607. The summed E-state index contributed by atoms with van der Waals surface area (Å²) in [6.45, 7) is 4.11. The Kier molecular flexibility index (Phi) is 3.25. The third-order valence-corrected chi connectivity index (χ3v) is 3.41. The first-order chi connectivity index (χ1) is 10.2. The number of rotatable bonds is 2. The van der Waals surface area contributed by atoms with Crippen molar-refractivity contribution in [1.82, 2.24) is 14.8 Å². The average molecular weight is 274 g/mol. The SMILES string of the molecule is Cc1cccc(C)c1-n1cnc(-c2cccc(C#N)c2)n1. The second kappa shape index (κ2) is 5.22. The van der Waals surface area contributed by atoms with Crippen LogP contribution in [0.2, 0.25) is 0 Å². The highest BCUT2D eigenvalue weighted by Crippen LogP contribution is 2.20. The van der Waals surface area contributed by atoms with Crippen LogP contribution in [0.4, 0.5) is 0 Å². The Balaban J connectivity index is 2.06. The molecule has 4 heteroatoms. The molecule has 1 aromatic heterocycles. The van der Waals surface area contributed by atoms with Gasteiger partial charge in [0, 0.05) is 5.56 Å². The summed E-state index contributed by atoms with van der Waals surface area (Å²) in [6, 6.07) is 15.6. The molecule has 0 aliphatic rings. The molecule has 0 amide bonds. The van der Waals surface area contributed by atoms with E-state index in [4.69, 9.17) is 5.26 Å². The minimum absolute atomic E-state index is 0.607. The fourth-order valence-electron chi connectivity index (χ4n) is 2.40. The highest BCUT2D eigenvalue weighted by Gasteiger charge is 2.09. The Morgan fingerprint density at radius 1 is 1.05 bits per heavy atom. The van der Waals surface area contributed by atoms with E-state index >= 15 is 0 Å². The van der Waals surface area contributed by atoms with Gasteiger partial charge in [0.05, 0.1) is 17.3 Å². The van der Waals surface area contributed by atoms with Crippen molar-refractivity contribution >= 4 is 0 Å². The van der Waals surface area contributed by atoms with Crippen LogP contribution < -0.4 is 0 Å². The Hall–Kier alpha value is -2.93. The number of hydrogen-bond acceptors (Lipinski definition) is 3. The molecule has 0 atom stereocenters. The van der Waals surface area contributed by atoms with E-state index in [1.54, 1.807) is 23.1 Å². The second-order valence-electron chi connectivity index (χ2n) is 4.95. The first-order valence-corrected chi connectivity index (χ1v) is 6.68. The van der Waals surface area contributed by atoms with Gasteiger partial charge in [0.1, 0.15) is 6.33 Å². The average Bonchev–Trinajstić information content (AvgIpc) is 2.97. The molecule has 0 aliphatic heterocycles. The zero-order chi connectivity index (χ0) is 14.8. The zero-order valence-corrected chi connectivity index (χ0v) is 11.9. The van der Waals surface area contributed by atoms with Crippen molar-refractivity contribution in [3.8, 4) is 23.1 Å². The number of hydrogen-bond donors (Lipinski definition) is 0. The maximum Gasteiger partial charge on any atom is 0.181 e. The highest BCUT2D eigenvalue weighted by atomic mass is 15.3. The van der Waals surface area contributed by atoms with Crippen LogP contribution in [-0.4, -0.2) is 14.8 Å². The van der Waals surface area contributed by atoms with E-state index in [0.717, 1.165) is 22.4 Å². The molecule has 102 valence electrons. The summed E-state index contributed by atoms with van der Waals surface area (Å²) in [5.74, 6) is 0.620. The molecule has 0 saturated carbocycles. The Labute approximate surface area is 123 Å². The van der Waals surface area contributed by atoms with Crippen LogP contribution >= 0.6 is 0 Å². The number of para-hydroxylation sites is 1. The molecule has 0 aliphatic carbocycles. The van der Waals surface area contributed by atoms with Gasteiger partial charge in [-0.1, -0.05) is 30.3 Å². The summed E-state index contributed by atoms with van der Waals surface area (Å²) in [6.07, 6.45) is 1.71. The van der Waals surface area contributed by atoms with Gasteiger partial charge in [-0.25, -0.2) is 9.67 Å². The quantitative estimate of drug-likeness (QED) is 0.719. The lowest BCUT2D eigenvalue weighted by molar-refractivity contribution is 0.866. The predicted molar refractivity (Wildman–Crippen MR) is 81.0 cm³/mol. The standard InChI is InChI=1S/C17H14N4/c1-12-5-3-6-13(2)16(12)21-11-19-17(20-21)15-8-4-7-14(9-15)10-18/h3-9,11H,1-2H3. The Bertz CT molecular complexity index is 820. The lowest BCUT2D eigenvalue weighted by atomic mass is 10.1. The third-order valence-electron chi connectivity index (χ3n) is 3.41. The van der Waals surface area contributed by atoms with Gasteiger partial charge >= 0.3 is 0 Å². The van der Waals surface area contributed by atoms with E-state index in [1.807, 2.05) is 18.2 Å². The Morgan fingerprint density at radius 2 is 1.76 bits per heavy atom. The van der Waals surface area contributed by atoms with Crippen molar-refractivity contribution in [2.24, 2.45) is 0 Å². The van der Waals surface area contributed by atoms with Gasteiger partial charge in [0.25, 0.3) is 0 Å². The number of aromatic nitrogens is 3. The topological polar surface area (TPSA) is 54.5 Å². The van der Waals surface area contributed by atoms with E-state index in [1.165, 1.54) is 0 Å². The van der Waals surface area contributed by atoms with Crippen LogP contribution in [0.25, 0.3) is 17.1 Å². The first-order valence-electron chi connectivity index (χ1n) is 6.68. The van der Waals surface area contributed by atoms with Crippen molar-refractivity contribution in [3.05, 3.63) is 65.5 Å². The summed E-state index contributed by atoms with van der Waals surface area (Å²) in [5.41, 5.74) is 4.80. The minimum Gasteiger partial charge on any atom is -0.220 e. The van der Waals surface area contributed by atoms with Gasteiger partial charge < -0.3 is 0 Å². The molecule has 21 heavy (non-hydrogen) atoms. The number of aryl methyl sites for hydroxylation is 2. The van der Waals surface area contributed by atoms with Crippen molar-refractivity contribution in [1.29, 1.82) is 5.26 Å². The summed E-state index contributed by atoms with van der Waals surface area (Å²) in [5, 5.41) is 13.5. The summed E-state index contributed by atoms with van der Waals surface area (Å²) >= 11 is 0. The lowest BCUT2D eigenvalue weighted by Gasteiger charge is -2.08. The molecule has 3 rings (SSSR count). The van der Waals surface area contributed by atoms with E-state index < -0.39 is 0 Å². The van der Waals surface area contributed by atoms with E-state index in [9.17, 15) is 0 Å². The number of nitriles is 1. The van der Waals surface area contributed by atoms with Crippen LogP contribution in [0.15, 0.2) is 48.8 Å². The molecule has 0 bridgehead atoms. The van der Waals surface area contributed by atoms with Crippen LogP contribution in [0.5, 0.6) is 0 Å². The summed E-state index contributed by atoms with van der Waals surface area (Å²) < 4.78 is 1.79. The molecule has 0 radical (unpaired) electrons. The molecule has 0 spiro atoms. The fraction of sp³-hybridized carbons (Fsp3) is 0.118. The van der Waals surface area contributed by atoms with Crippen LogP contribution in [0.1, 0.15) is 16.7 Å². The zero-order valence-electron chi connectivity index (χ0n) is 11.9. The van der Waals surface area contributed by atoms with Crippen LogP contribution in [-0.2, 0) is 0 Å². The van der Waals surface area contributed by atoms with Crippen LogP contribution in [0, 0.1) is 25.2 Å². The number of nitrogens with zero attached hydrogens (tertiary/aromatic N) is 4. The van der Waals surface area contributed by atoms with Crippen molar-refractivity contribution in [3.63, 3.8) is 0 Å². The van der Waals surface area contributed by atoms with Gasteiger partial charge in [0.15, 0.2) is 5.82 Å². The van der Waals surface area contributed by atoms with E-state index in [2.05, 4.69) is 42.1 Å². The maximum absolute atomic E-state index is 8.97. The van der Waals surface area contributed by atoms with E-state index in [0.29, 0.717) is 11.4 Å². The molecule has 1 heterocycles. The van der Waals surface area contributed by atoms with Crippen molar-refractivity contribution in [2.45, 2.75) is 13.8 Å².